The number of carbonyl (C=O) groups is 3. The molecule has 4 rings (SSSR count). The molecule has 44 heavy (non-hydrogen) atoms. The third-order valence-corrected chi connectivity index (χ3v) is 9.25. The number of ether oxygens (including phenoxy) is 3. The zero-order chi connectivity index (χ0) is 32.8. The SMILES string of the molecule is COCC1CCC(C)CC1.COc1cc(N(C(=O)C2CN(C(=O)OC(C)(C)C)CC(C(C)=O)[C@H]2C)C2CC2)ncc1C(C)C. The van der Waals surface area contributed by atoms with E-state index in [1.807, 2.05) is 13.0 Å². The van der Waals surface area contributed by atoms with Crippen molar-refractivity contribution in [2.45, 2.75) is 111 Å². The number of likely N-dealkylation sites (tertiary alicyclic amines) is 1. The Labute approximate surface area is 265 Å². The number of anilines is 1. The van der Waals surface area contributed by atoms with Gasteiger partial charge in [0.2, 0.25) is 5.91 Å². The van der Waals surface area contributed by atoms with Crippen molar-refractivity contribution < 1.29 is 28.6 Å². The number of piperidine rings is 1. The van der Waals surface area contributed by atoms with Crippen molar-refractivity contribution in [2.24, 2.45) is 29.6 Å². The lowest BCUT2D eigenvalue weighted by Gasteiger charge is -2.42. The van der Waals surface area contributed by atoms with Gasteiger partial charge in [-0.2, -0.15) is 0 Å². The predicted molar refractivity (Wildman–Crippen MR) is 173 cm³/mol. The van der Waals surface area contributed by atoms with E-state index in [0.717, 1.165) is 36.8 Å². The smallest absolute Gasteiger partial charge is 0.410 e. The van der Waals surface area contributed by atoms with Crippen LogP contribution in [0.15, 0.2) is 12.3 Å². The first kappa shape index (κ1) is 35.8. The van der Waals surface area contributed by atoms with E-state index in [1.165, 1.54) is 37.5 Å². The van der Waals surface area contributed by atoms with Crippen LogP contribution < -0.4 is 9.64 Å². The van der Waals surface area contributed by atoms with Crippen LogP contribution >= 0.6 is 0 Å². The third kappa shape index (κ3) is 9.66. The molecule has 1 aromatic heterocycles. The van der Waals surface area contributed by atoms with Crippen LogP contribution in [0.3, 0.4) is 0 Å². The van der Waals surface area contributed by atoms with Gasteiger partial charge in [0.15, 0.2) is 0 Å². The van der Waals surface area contributed by atoms with E-state index in [0.29, 0.717) is 11.6 Å². The molecule has 3 atom stereocenters. The number of hydrogen-bond donors (Lipinski definition) is 0. The minimum atomic E-state index is -0.663. The first-order chi connectivity index (χ1) is 20.7. The van der Waals surface area contributed by atoms with Crippen molar-refractivity contribution in [1.82, 2.24) is 9.88 Å². The molecule has 9 heteroatoms. The molecular weight excluding hydrogens is 558 g/mol. The van der Waals surface area contributed by atoms with E-state index >= 15 is 0 Å². The van der Waals surface area contributed by atoms with Gasteiger partial charge >= 0.3 is 6.09 Å². The van der Waals surface area contributed by atoms with Crippen LogP contribution in [0.4, 0.5) is 10.6 Å². The van der Waals surface area contributed by atoms with Crippen LogP contribution in [0.25, 0.3) is 0 Å². The van der Waals surface area contributed by atoms with Crippen molar-refractivity contribution >= 4 is 23.6 Å². The van der Waals surface area contributed by atoms with Crippen molar-refractivity contribution in [3.8, 4) is 5.75 Å². The molecule has 0 radical (unpaired) electrons. The summed E-state index contributed by atoms with van der Waals surface area (Å²) < 4.78 is 16.3. The Morgan fingerprint density at radius 3 is 2.11 bits per heavy atom. The summed E-state index contributed by atoms with van der Waals surface area (Å²) in [6.07, 6.45) is 8.66. The Hall–Kier alpha value is -2.68. The van der Waals surface area contributed by atoms with Gasteiger partial charge < -0.3 is 19.1 Å². The summed E-state index contributed by atoms with van der Waals surface area (Å²) >= 11 is 0. The summed E-state index contributed by atoms with van der Waals surface area (Å²) in [4.78, 5) is 47.2. The highest BCUT2D eigenvalue weighted by Gasteiger charge is 2.46. The van der Waals surface area contributed by atoms with Gasteiger partial charge in [-0.3, -0.25) is 14.5 Å². The Balaban J connectivity index is 0.000000448. The van der Waals surface area contributed by atoms with Gasteiger partial charge in [0.25, 0.3) is 0 Å². The highest BCUT2D eigenvalue weighted by atomic mass is 16.6. The number of hydrogen-bond acceptors (Lipinski definition) is 7. The number of methoxy groups -OCH3 is 2. The Bertz CT molecular complexity index is 1120. The monoisotopic (exact) mass is 615 g/mol. The largest absolute Gasteiger partial charge is 0.496 e. The van der Waals surface area contributed by atoms with E-state index in [9.17, 15) is 14.4 Å². The highest BCUT2D eigenvalue weighted by Crippen LogP contribution is 2.39. The maximum atomic E-state index is 14.0. The van der Waals surface area contributed by atoms with Crippen molar-refractivity contribution in [1.29, 1.82) is 0 Å². The van der Waals surface area contributed by atoms with E-state index in [1.54, 1.807) is 46.1 Å². The molecule has 9 nitrogen and oxygen atoms in total. The Kier molecular flexibility index (Phi) is 12.6. The van der Waals surface area contributed by atoms with Gasteiger partial charge in [-0.15, -0.1) is 0 Å². The van der Waals surface area contributed by atoms with Crippen LogP contribution in [0.1, 0.15) is 105 Å². The molecule has 1 aromatic rings. The number of nitrogens with zero attached hydrogens (tertiary/aromatic N) is 3. The van der Waals surface area contributed by atoms with E-state index in [2.05, 4.69) is 25.8 Å². The maximum Gasteiger partial charge on any atom is 0.410 e. The van der Waals surface area contributed by atoms with E-state index in [4.69, 9.17) is 14.2 Å². The molecule has 3 aliphatic rings. The van der Waals surface area contributed by atoms with Crippen molar-refractivity contribution in [2.75, 3.05) is 38.8 Å². The molecule has 3 fully saturated rings. The van der Waals surface area contributed by atoms with Crippen LogP contribution in [0, 0.1) is 29.6 Å². The number of aromatic nitrogens is 1. The zero-order valence-electron chi connectivity index (χ0n) is 28.9. The van der Waals surface area contributed by atoms with Gasteiger partial charge in [0, 0.05) is 56.6 Å². The van der Waals surface area contributed by atoms with Crippen LogP contribution in [0.5, 0.6) is 5.75 Å². The summed E-state index contributed by atoms with van der Waals surface area (Å²) in [7, 11) is 3.42. The molecule has 2 heterocycles. The Morgan fingerprint density at radius 1 is 1.00 bits per heavy atom. The van der Waals surface area contributed by atoms with Gasteiger partial charge in [0.1, 0.15) is 23.0 Å². The predicted octanol–water partition coefficient (Wildman–Crippen LogP) is 6.88. The average molecular weight is 616 g/mol. The molecule has 0 spiro atoms. The normalized spacial score (nSPS) is 25.5. The summed E-state index contributed by atoms with van der Waals surface area (Å²) in [5.41, 5.74) is 0.317. The molecule has 1 saturated heterocycles. The lowest BCUT2D eigenvalue weighted by molar-refractivity contribution is -0.132. The molecule has 0 N–H and O–H groups in total. The number of pyridine rings is 1. The summed E-state index contributed by atoms with van der Waals surface area (Å²) in [5, 5.41) is 0. The fourth-order valence-corrected chi connectivity index (χ4v) is 6.34. The lowest BCUT2D eigenvalue weighted by Crippen LogP contribution is -2.56. The first-order valence-corrected chi connectivity index (χ1v) is 16.5. The molecule has 2 saturated carbocycles. The molecule has 2 aliphatic carbocycles. The van der Waals surface area contributed by atoms with Crippen LogP contribution in [-0.2, 0) is 19.1 Å². The van der Waals surface area contributed by atoms with Gasteiger partial charge in [-0.25, -0.2) is 9.78 Å². The average Bonchev–Trinajstić information content (AvgIpc) is 3.78. The topological polar surface area (TPSA) is 98.3 Å². The molecule has 0 aromatic carbocycles. The molecule has 2 amide bonds. The quantitative estimate of drug-likeness (QED) is 0.315. The standard InChI is InChI=1S/C26H39N3O5.C9H18O/c1-15(2)19-12-27-23(11-22(19)33-8)29(18-9-10-18)24(31)21-14-28(25(32)34-26(5,6)7)13-20(16(21)3)17(4)30;1-8-3-5-9(6-4-8)7-10-2/h11-12,15-16,18,20-21H,9-10,13-14H2,1-8H3;8-9H,3-7H2,1-2H3/t16-,20?,21?;/m1./s1. The Morgan fingerprint density at radius 2 is 1.61 bits per heavy atom. The second-order valence-corrected chi connectivity index (χ2v) is 14.5. The number of carbonyl (C=O) groups excluding carboxylic acids is 3. The van der Waals surface area contributed by atoms with Crippen LogP contribution in [-0.4, -0.2) is 73.2 Å². The van der Waals surface area contributed by atoms with E-state index in [-0.39, 0.29) is 42.7 Å². The third-order valence-electron chi connectivity index (χ3n) is 9.25. The minimum Gasteiger partial charge on any atom is -0.496 e. The fraction of sp³-hybridized carbons (Fsp3) is 0.771. The second kappa shape index (κ2) is 15.5. The number of rotatable bonds is 8. The molecule has 1 aliphatic heterocycles. The van der Waals surface area contributed by atoms with Crippen LogP contribution in [0.2, 0.25) is 0 Å². The minimum absolute atomic E-state index is 0.0300. The maximum absolute atomic E-state index is 14.0. The molecule has 0 bridgehead atoms. The van der Waals surface area contributed by atoms with E-state index < -0.39 is 23.5 Å². The number of ketones is 1. The summed E-state index contributed by atoms with van der Waals surface area (Å²) in [5.74, 6) is 2.01. The zero-order valence-corrected chi connectivity index (χ0v) is 28.9. The van der Waals surface area contributed by atoms with Gasteiger partial charge in [-0.1, -0.05) is 40.5 Å². The highest BCUT2D eigenvalue weighted by molar-refractivity contribution is 5.96. The fourth-order valence-electron chi connectivity index (χ4n) is 6.34. The van der Waals surface area contributed by atoms with Crippen molar-refractivity contribution in [3.05, 3.63) is 17.8 Å². The second-order valence-electron chi connectivity index (χ2n) is 14.5. The number of Topliss-reactive ketones (excluding diaryl/α,β-unsaturated/α-hetero) is 1. The molecule has 2 unspecified atom stereocenters. The van der Waals surface area contributed by atoms with Crippen molar-refractivity contribution in [3.63, 3.8) is 0 Å². The molecular formula is C35H57N3O6. The first-order valence-electron chi connectivity index (χ1n) is 16.5. The lowest BCUT2D eigenvalue weighted by atomic mass is 9.76. The van der Waals surface area contributed by atoms with Gasteiger partial charge in [-0.05, 0) is 77.0 Å². The summed E-state index contributed by atoms with van der Waals surface area (Å²) in [6.45, 7) is 16.8. The number of amides is 2. The summed E-state index contributed by atoms with van der Waals surface area (Å²) in [6, 6.07) is 1.89. The molecule has 248 valence electrons. The van der Waals surface area contributed by atoms with Gasteiger partial charge in [0.05, 0.1) is 13.0 Å².